The number of ether oxygens (including phenoxy) is 1. The summed E-state index contributed by atoms with van der Waals surface area (Å²) in [5.74, 6) is -0.941. The Morgan fingerprint density at radius 1 is 0.903 bits per heavy atom. The Morgan fingerprint density at radius 3 is 2.06 bits per heavy atom. The third-order valence-corrected chi connectivity index (χ3v) is 4.35. The van der Waals surface area contributed by atoms with E-state index in [0.717, 1.165) is 5.56 Å². The summed E-state index contributed by atoms with van der Waals surface area (Å²) in [7, 11) is 0. The number of hydrogen-bond acceptors (Lipinski definition) is 4. The SMILES string of the molecule is N=C(N)Nc1ccc(C(=O)Nc2ccc(OC(CC(=O)O)c3ccccc3)cc2)cc1. The highest BCUT2D eigenvalue weighted by atomic mass is 16.5. The average Bonchev–Trinajstić information content (AvgIpc) is 2.75. The number of carbonyl (C=O) groups is 2. The summed E-state index contributed by atoms with van der Waals surface area (Å²) in [6.45, 7) is 0. The van der Waals surface area contributed by atoms with Crippen molar-refractivity contribution >= 4 is 29.2 Å². The largest absolute Gasteiger partial charge is 0.485 e. The first-order chi connectivity index (χ1) is 14.9. The lowest BCUT2D eigenvalue weighted by Gasteiger charge is -2.18. The van der Waals surface area contributed by atoms with Crippen LogP contribution in [0.1, 0.15) is 28.4 Å². The zero-order chi connectivity index (χ0) is 22.2. The van der Waals surface area contributed by atoms with Crippen molar-refractivity contribution in [1.82, 2.24) is 0 Å². The number of nitrogens with one attached hydrogen (secondary N) is 3. The van der Waals surface area contributed by atoms with E-state index in [9.17, 15) is 14.7 Å². The monoisotopic (exact) mass is 418 g/mol. The third-order valence-electron chi connectivity index (χ3n) is 4.35. The van der Waals surface area contributed by atoms with Gasteiger partial charge in [0.1, 0.15) is 11.9 Å². The fourth-order valence-corrected chi connectivity index (χ4v) is 2.90. The molecular weight excluding hydrogens is 396 g/mol. The molecule has 0 aliphatic carbocycles. The summed E-state index contributed by atoms with van der Waals surface area (Å²) in [6, 6.07) is 22.4. The number of guanidine groups is 1. The third kappa shape index (κ3) is 6.33. The molecule has 8 heteroatoms. The maximum absolute atomic E-state index is 12.4. The quantitative estimate of drug-likeness (QED) is 0.278. The van der Waals surface area contributed by atoms with Crippen LogP contribution in [-0.4, -0.2) is 22.9 Å². The Balaban J connectivity index is 1.64. The van der Waals surface area contributed by atoms with Crippen molar-refractivity contribution in [3.8, 4) is 5.75 Å². The van der Waals surface area contributed by atoms with Crippen molar-refractivity contribution < 1.29 is 19.4 Å². The van der Waals surface area contributed by atoms with Gasteiger partial charge in [-0.05, 0) is 54.1 Å². The average molecular weight is 418 g/mol. The molecule has 0 spiro atoms. The molecule has 1 unspecified atom stereocenters. The van der Waals surface area contributed by atoms with Gasteiger partial charge in [-0.3, -0.25) is 15.0 Å². The van der Waals surface area contributed by atoms with Crippen LogP contribution in [0.4, 0.5) is 11.4 Å². The van der Waals surface area contributed by atoms with Gasteiger partial charge >= 0.3 is 5.97 Å². The number of carbonyl (C=O) groups excluding carboxylic acids is 1. The van der Waals surface area contributed by atoms with Crippen molar-refractivity contribution in [2.75, 3.05) is 10.6 Å². The normalized spacial score (nSPS) is 11.2. The number of nitrogens with two attached hydrogens (primary N) is 1. The molecule has 6 N–H and O–H groups in total. The van der Waals surface area contributed by atoms with Gasteiger partial charge in [0.05, 0.1) is 6.42 Å². The van der Waals surface area contributed by atoms with Crippen LogP contribution in [0.5, 0.6) is 5.75 Å². The minimum atomic E-state index is -0.956. The van der Waals surface area contributed by atoms with E-state index in [1.165, 1.54) is 0 Å². The van der Waals surface area contributed by atoms with E-state index in [4.69, 9.17) is 15.9 Å². The first-order valence-corrected chi connectivity index (χ1v) is 9.46. The summed E-state index contributed by atoms with van der Waals surface area (Å²) in [4.78, 5) is 23.6. The minimum Gasteiger partial charge on any atom is -0.485 e. The van der Waals surface area contributed by atoms with Crippen LogP contribution in [0.2, 0.25) is 0 Å². The number of anilines is 2. The number of amides is 1. The molecule has 0 aliphatic heterocycles. The van der Waals surface area contributed by atoms with Crippen LogP contribution in [0.25, 0.3) is 0 Å². The molecule has 31 heavy (non-hydrogen) atoms. The molecule has 0 bridgehead atoms. The van der Waals surface area contributed by atoms with Crippen molar-refractivity contribution in [2.45, 2.75) is 12.5 Å². The van der Waals surface area contributed by atoms with E-state index in [1.54, 1.807) is 48.5 Å². The molecule has 0 heterocycles. The van der Waals surface area contributed by atoms with E-state index in [-0.39, 0.29) is 18.3 Å². The Bertz CT molecular complexity index is 1050. The van der Waals surface area contributed by atoms with Crippen molar-refractivity contribution in [3.05, 3.63) is 90.0 Å². The molecule has 1 atom stereocenters. The first kappa shape index (κ1) is 21.4. The Hall–Kier alpha value is -4.33. The van der Waals surface area contributed by atoms with Crippen LogP contribution in [0.15, 0.2) is 78.9 Å². The second-order valence-corrected chi connectivity index (χ2v) is 6.71. The van der Waals surface area contributed by atoms with E-state index in [2.05, 4.69) is 10.6 Å². The van der Waals surface area contributed by atoms with Gasteiger partial charge < -0.3 is 26.2 Å². The van der Waals surface area contributed by atoms with Crippen molar-refractivity contribution in [2.24, 2.45) is 5.73 Å². The maximum atomic E-state index is 12.4. The van der Waals surface area contributed by atoms with E-state index >= 15 is 0 Å². The van der Waals surface area contributed by atoms with E-state index < -0.39 is 12.1 Å². The van der Waals surface area contributed by atoms with E-state index in [0.29, 0.717) is 22.7 Å². The number of rotatable bonds is 8. The predicted octanol–water partition coefficient (Wildman–Crippen LogP) is 3.84. The summed E-state index contributed by atoms with van der Waals surface area (Å²) >= 11 is 0. The molecule has 0 radical (unpaired) electrons. The Morgan fingerprint density at radius 2 is 1.48 bits per heavy atom. The van der Waals surface area contributed by atoms with Gasteiger partial charge in [-0.25, -0.2) is 0 Å². The molecule has 1 amide bonds. The number of benzene rings is 3. The maximum Gasteiger partial charge on any atom is 0.307 e. The lowest BCUT2D eigenvalue weighted by Crippen LogP contribution is -2.20. The fourth-order valence-electron chi connectivity index (χ4n) is 2.90. The molecule has 3 rings (SSSR count). The van der Waals surface area contributed by atoms with Gasteiger partial charge in [0.2, 0.25) is 0 Å². The lowest BCUT2D eigenvalue weighted by molar-refractivity contribution is -0.138. The van der Waals surface area contributed by atoms with Gasteiger partial charge in [-0.1, -0.05) is 30.3 Å². The summed E-state index contributed by atoms with van der Waals surface area (Å²) in [6.07, 6.45) is -0.793. The van der Waals surface area contributed by atoms with Gasteiger partial charge in [0.25, 0.3) is 5.91 Å². The molecular formula is C23H22N4O4. The number of carboxylic acids is 1. The van der Waals surface area contributed by atoms with Gasteiger partial charge in [0.15, 0.2) is 5.96 Å². The zero-order valence-electron chi connectivity index (χ0n) is 16.5. The number of aliphatic carboxylic acids is 1. The molecule has 158 valence electrons. The topological polar surface area (TPSA) is 138 Å². The molecule has 3 aromatic carbocycles. The fraction of sp³-hybridized carbons (Fsp3) is 0.0870. The van der Waals surface area contributed by atoms with Gasteiger partial charge in [0, 0.05) is 16.9 Å². The Kier molecular flexibility index (Phi) is 6.85. The molecule has 8 nitrogen and oxygen atoms in total. The number of carboxylic acid groups (broad SMARTS) is 1. The molecule has 0 fully saturated rings. The van der Waals surface area contributed by atoms with E-state index in [1.807, 2.05) is 30.3 Å². The predicted molar refractivity (Wildman–Crippen MR) is 118 cm³/mol. The van der Waals surface area contributed by atoms with Crippen molar-refractivity contribution in [1.29, 1.82) is 5.41 Å². The highest BCUT2D eigenvalue weighted by Gasteiger charge is 2.17. The molecule has 0 aliphatic rings. The molecule has 3 aromatic rings. The van der Waals surface area contributed by atoms with Crippen LogP contribution < -0.4 is 21.1 Å². The van der Waals surface area contributed by atoms with Crippen LogP contribution >= 0.6 is 0 Å². The molecule has 0 aromatic heterocycles. The highest BCUT2D eigenvalue weighted by molar-refractivity contribution is 6.04. The Labute approximate surface area is 179 Å². The van der Waals surface area contributed by atoms with Crippen LogP contribution in [-0.2, 0) is 4.79 Å². The molecule has 0 saturated carbocycles. The van der Waals surface area contributed by atoms with Gasteiger partial charge in [-0.15, -0.1) is 0 Å². The van der Waals surface area contributed by atoms with Gasteiger partial charge in [-0.2, -0.15) is 0 Å². The molecule has 0 saturated heterocycles. The van der Waals surface area contributed by atoms with Crippen molar-refractivity contribution in [3.63, 3.8) is 0 Å². The zero-order valence-corrected chi connectivity index (χ0v) is 16.5. The highest BCUT2D eigenvalue weighted by Crippen LogP contribution is 2.26. The lowest BCUT2D eigenvalue weighted by atomic mass is 10.1. The summed E-state index contributed by atoms with van der Waals surface area (Å²) < 4.78 is 5.87. The summed E-state index contributed by atoms with van der Waals surface area (Å²) in [5.41, 5.74) is 7.67. The second kappa shape index (κ2) is 9.93. The smallest absolute Gasteiger partial charge is 0.307 e. The van der Waals surface area contributed by atoms with Crippen LogP contribution in [0.3, 0.4) is 0 Å². The second-order valence-electron chi connectivity index (χ2n) is 6.71. The summed E-state index contributed by atoms with van der Waals surface area (Å²) in [5, 5.41) is 21.8. The number of hydrogen-bond donors (Lipinski definition) is 5. The first-order valence-electron chi connectivity index (χ1n) is 9.46. The van der Waals surface area contributed by atoms with Crippen LogP contribution in [0, 0.1) is 5.41 Å². The minimum absolute atomic E-state index is 0.170. The standard InChI is InChI=1S/C23H22N4O4/c24-23(25)27-18-8-6-16(7-9-18)22(30)26-17-10-12-19(13-11-17)31-20(14-21(28)29)15-4-2-1-3-5-15/h1-13,20H,14H2,(H,26,30)(H,28,29)(H4,24,25,27).